The second kappa shape index (κ2) is 7.10. The first-order valence-electron chi connectivity index (χ1n) is 7.66. The second-order valence-corrected chi connectivity index (χ2v) is 7.72. The van der Waals surface area contributed by atoms with Crippen molar-refractivity contribution in [1.29, 1.82) is 0 Å². The smallest absolute Gasteiger partial charge is 0.166 e. The molecule has 3 rings (SSSR count). The summed E-state index contributed by atoms with van der Waals surface area (Å²) >= 11 is 6.76. The molecule has 1 fully saturated rings. The van der Waals surface area contributed by atoms with Gasteiger partial charge < -0.3 is 0 Å². The summed E-state index contributed by atoms with van der Waals surface area (Å²) in [6.45, 7) is 0. The molecule has 118 valence electrons. The van der Waals surface area contributed by atoms with Gasteiger partial charge in [0.25, 0.3) is 0 Å². The minimum Gasteiger partial charge on any atom is -0.294 e. The van der Waals surface area contributed by atoms with Gasteiger partial charge in [-0.05, 0) is 37.1 Å². The van der Waals surface area contributed by atoms with Crippen molar-refractivity contribution in [2.45, 2.75) is 19.3 Å². The van der Waals surface area contributed by atoms with E-state index in [0.717, 1.165) is 28.2 Å². The van der Waals surface area contributed by atoms with Crippen LogP contribution >= 0.6 is 31.9 Å². The fraction of sp³-hybridized carbons (Fsp3) is 0.263. The van der Waals surface area contributed by atoms with E-state index in [1.54, 1.807) is 0 Å². The van der Waals surface area contributed by atoms with Crippen molar-refractivity contribution in [3.05, 3.63) is 68.6 Å². The lowest BCUT2D eigenvalue weighted by atomic mass is 9.83. The zero-order valence-corrected chi connectivity index (χ0v) is 15.6. The van der Waals surface area contributed by atoms with Gasteiger partial charge in [0.15, 0.2) is 11.6 Å². The van der Waals surface area contributed by atoms with E-state index >= 15 is 0 Å². The van der Waals surface area contributed by atoms with Gasteiger partial charge in [-0.3, -0.25) is 9.59 Å². The Kier molecular flexibility index (Phi) is 5.12. The molecule has 23 heavy (non-hydrogen) atoms. The first kappa shape index (κ1) is 16.6. The Morgan fingerprint density at radius 1 is 0.696 bits per heavy atom. The van der Waals surface area contributed by atoms with E-state index in [4.69, 9.17) is 0 Å². The van der Waals surface area contributed by atoms with Gasteiger partial charge >= 0.3 is 0 Å². The van der Waals surface area contributed by atoms with Crippen LogP contribution in [0.1, 0.15) is 40.0 Å². The fourth-order valence-corrected chi connectivity index (χ4v) is 3.77. The first-order valence-corrected chi connectivity index (χ1v) is 9.24. The minimum absolute atomic E-state index is 0.0884. The Balaban J connectivity index is 1.82. The quantitative estimate of drug-likeness (QED) is 0.577. The average Bonchev–Trinajstić information content (AvgIpc) is 3.04. The summed E-state index contributed by atoms with van der Waals surface area (Å²) in [6, 6.07) is 14.8. The van der Waals surface area contributed by atoms with Crippen molar-refractivity contribution in [2.75, 3.05) is 0 Å². The predicted molar refractivity (Wildman–Crippen MR) is 97.8 cm³/mol. The van der Waals surface area contributed by atoms with Crippen molar-refractivity contribution in [3.63, 3.8) is 0 Å². The molecule has 0 aliphatic heterocycles. The number of ketones is 2. The maximum atomic E-state index is 12.8. The van der Waals surface area contributed by atoms with Crippen molar-refractivity contribution < 1.29 is 9.59 Å². The Bertz CT molecular complexity index is 657. The van der Waals surface area contributed by atoms with E-state index < -0.39 is 0 Å². The maximum Gasteiger partial charge on any atom is 0.166 e. The fourth-order valence-electron chi connectivity index (χ4n) is 3.24. The van der Waals surface area contributed by atoms with Crippen LogP contribution in [0.15, 0.2) is 57.5 Å². The lowest BCUT2D eigenvalue weighted by Crippen LogP contribution is -2.25. The molecule has 2 aromatic carbocycles. The number of benzene rings is 2. The van der Waals surface area contributed by atoms with Crippen LogP contribution in [0.25, 0.3) is 0 Å². The van der Waals surface area contributed by atoms with Gasteiger partial charge in [-0.2, -0.15) is 0 Å². The van der Waals surface area contributed by atoms with Crippen LogP contribution in [-0.4, -0.2) is 11.6 Å². The maximum absolute atomic E-state index is 12.8. The van der Waals surface area contributed by atoms with Crippen molar-refractivity contribution >= 4 is 43.4 Å². The number of rotatable bonds is 4. The number of carbonyl (C=O) groups excluding carboxylic acids is 2. The summed E-state index contributed by atoms with van der Waals surface area (Å²) in [5.41, 5.74) is 1.38. The molecule has 4 heteroatoms. The highest BCUT2D eigenvalue weighted by Crippen LogP contribution is 2.36. The SMILES string of the molecule is O=C(c1ccc(Br)cc1)C1CCCC1C(=O)c1ccc(Br)cc1. The molecule has 0 bridgehead atoms. The van der Waals surface area contributed by atoms with Gasteiger partial charge in [0, 0.05) is 31.9 Å². The lowest BCUT2D eigenvalue weighted by Gasteiger charge is -2.17. The highest BCUT2D eigenvalue weighted by molar-refractivity contribution is 9.10. The Morgan fingerprint density at radius 3 is 1.39 bits per heavy atom. The predicted octanol–water partition coefficient (Wildman–Crippen LogP) is 5.69. The van der Waals surface area contributed by atoms with Crippen molar-refractivity contribution in [2.24, 2.45) is 11.8 Å². The van der Waals surface area contributed by atoms with Crippen LogP contribution in [0.3, 0.4) is 0 Å². The van der Waals surface area contributed by atoms with Crippen molar-refractivity contribution in [1.82, 2.24) is 0 Å². The van der Waals surface area contributed by atoms with Gasteiger partial charge in [-0.1, -0.05) is 62.5 Å². The van der Waals surface area contributed by atoms with Crippen LogP contribution in [0, 0.1) is 11.8 Å². The van der Waals surface area contributed by atoms with Crippen LogP contribution in [0.4, 0.5) is 0 Å². The summed E-state index contributed by atoms with van der Waals surface area (Å²) in [4.78, 5) is 25.6. The molecular weight excluding hydrogens is 420 g/mol. The van der Waals surface area contributed by atoms with Gasteiger partial charge in [-0.15, -0.1) is 0 Å². The molecule has 0 aromatic heterocycles. The van der Waals surface area contributed by atoms with E-state index in [1.807, 2.05) is 48.5 Å². The van der Waals surface area contributed by atoms with Gasteiger partial charge in [-0.25, -0.2) is 0 Å². The molecule has 0 amide bonds. The van der Waals surface area contributed by atoms with Crippen LogP contribution in [0.5, 0.6) is 0 Å². The molecular formula is C19H16Br2O2. The standard InChI is InChI=1S/C19H16Br2O2/c20-14-8-4-12(5-9-14)18(22)16-2-1-3-17(16)19(23)13-6-10-15(21)11-7-13/h4-11,16-17H,1-3H2. The Labute approximate surface area is 152 Å². The Hall–Kier alpha value is -1.26. The summed E-state index contributed by atoms with van der Waals surface area (Å²) in [7, 11) is 0. The topological polar surface area (TPSA) is 34.1 Å². The van der Waals surface area contributed by atoms with E-state index in [0.29, 0.717) is 11.1 Å². The summed E-state index contributed by atoms with van der Waals surface area (Å²) in [6.07, 6.45) is 2.52. The van der Waals surface area contributed by atoms with Gasteiger partial charge in [0.1, 0.15) is 0 Å². The third kappa shape index (κ3) is 3.64. The molecule has 0 spiro atoms. The summed E-state index contributed by atoms with van der Waals surface area (Å²) < 4.78 is 1.89. The molecule has 0 N–H and O–H groups in total. The first-order chi connectivity index (χ1) is 11.1. The third-order valence-corrected chi connectivity index (χ3v) is 5.50. The van der Waals surface area contributed by atoms with Crippen LogP contribution in [0.2, 0.25) is 0 Å². The molecule has 1 saturated carbocycles. The van der Waals surface area contributed by atoms with E-state index in [1.165, 1.54) is 0 Å². The number of carbonyl (C=O) groups is 2. The Morgan fingerprint density at radius 2 is 1.04 bits per heavy atom. The van der Waals surface area contributed by atoms with Gasteiger partial charge in [0.2, 0.25) is 0 Å². The molecule has 2 nitrogen and oxygen atoms in total. The zero-order valence-electron chi connectivity index (χ0n) is 12.5. The largest absolute Gasteiger partial charge is 0.294 e. The lowest BCUT2D eigenvalue weighted by molar-refractivity contribution is 0.0794. The average molecular weight is 436 g/mol. The van der Waals surface area contributed by atoms with E-state index in [9.17, 15) is 9.59 Å². The highest BCUT2D eigenvalue weighted by atomic mass is 79.9. The molecule has 0 radical (unpaired) electrons. The number of hydrogen-bond acceptors (Lipinski definition) is 2. The number of Topliss-reactive ketones (excluding diaryl/α,β-unsaturated/α-hetero) is 2. The van der Waals surface area contributed by atoms with Gasteiger partial charge in [0.05, 0.1) is 0 Å². The number of halogens is 2. The third-order valence-electron chi connectivity index (χ3n) is 4.45. The van der Waals surface area contributed by atoms with E-state index in [2.05, 4.69) is 31.9 Å². The highest BCUT2D eigenvalue weighted by Gasteiger charge is 2.38. The normalized spacial score (nSPS) is 20.4. The second-order valence-electron chi connectivity index (χ2n) is 5.89. The van der Waals surface area contributed by atoms with Crippen molar-refractivity contribution in [3.8, 4) is 0 Å². The molecule has 2 atom stereocenters. The van der Waals surface area contributed by atoms with Crippen LogP contribution < -0.4 is 0 Å². The molecule has 1 aliphatic rings. The number of hydrogen-bond donors (Lipinski definition) is 0. The van der Waals surface area contributed by atoms with E-state index in [-0.39, 0.29) is 23.4 Å². The van der Waals surface area contributed by atoms with Crippen LogP contribution in [-0.2, 0) is 0 Å². The molecule has 2 aromatic rings. The minimum atomic E-state index is -0.202. The monoisotopic (exact) mass is 434 g/mol. The summed E-state index contributed by atoms with van der Waals surface area (Å²) in [5.74, 6) is -0.226. The molecule has 2 unspecified atom stereocenters. The molecule has 0 heterocycles. The summed E-state index contributed by atoms with van der Waals surface area (Å²) in [5, 5.41) is 0. The zero-order chi connectivity index (χ0) is 16.4. The molecule has 0 saturated heterocycles. The molecule has 1 aliphatic carbocycles.